The molecule has 0 fully saturated rings. The smallest absolute Gasteiger partial charge is 0.326 e. The van der Waals surface area contributed by atoms with E-state index in [0.29, 0.717) is 18.6 Å². The molecule has 0 aliphatic rings. The third kappa shape index (κ3) is 18.9. The summed E-state index contributed by atoms with van der Waals surface area (Å²) in [7, 11) is 1.88. The summed E-state index contributed by atoms with van der Waals surface area (Å²) in [4.78, 5) is 71.3. The normalized spacial score (nSPS) is 13.5. The summed E-state index contributed by atoms with van der Waals surface area (Å²) < 4.78 is 13.0. The van der Waals surface area contributed by atoms with E-state index in [1.54, 1.807) is 20.0 Å². The first kappa shape index (κ1) is 54.4. The van der Waals surface area contributed by atoms with Crippen LogP contribution in [0, 0.1) is 11.3 Å². The number of aliphatic carboxylic acids is 1. The summed E-state index contributed by atoms with van der Waals surface area (Å²) in [6.07, 6.45) is 15.5. The van der Waals surface area contributed by atoms with Crippen LogP contribution in [0.1, 0.15) is 124 Å². The Morgan fingerprint density at radius 2 is 1.48 bits per heavy atom. The van der Waals surface area contributed by atoms with Crippen LogP contribution in [0.3, 0.4) is 0 Å². The van der Waals surface area contributed by atoms with Crippen LogP contribution in [-0.4, -0.2) is 87.7 Å². The molecule has 2 rings (SSSR count). The van der Waals surface area contributed by atoms with Gasteiger partial charge < -0.3 is 29.8 Å². The molecule has 1 heterocycles. The molecule has 0 saturated carbocycles. The van der Waals surface area contributed by atoms with Crippen molar-refractivity contribution in [1.29, 1.82) is 0 Å². The lowest BCUT2D eigenvalue weighted by Gasteiger charge is -2.28. The molecule has 1 aromatic carbocycles. The number of aromatic nitrogens is 2. The molecule has 14 heteroatoms. The van der Waals surface area contributed by atoms with Crippen molar-refractivity contribution in [3.05, 3.63) is 88.6 Å². The number of hydrogen-bond donors (Lipinski definition) is 4. The highest BCUT2D eigenvalue weighted by atomic mass is 32.2. The zero-order valence-electron chi connectivity index (χ0n) is 39.5. The van der Waals surface area contributed by atoms with Gasteiger partial charge in [0.15, 0.2) is 5.41 Å². The van der Waals surface area contributed by atoms with Gasteiger partial charge in [-0.15, -0.1) is 0 Å². The lowest BCUT2D eigenvalue weighted by Crippen LogP contribution is -2.56. The van der Waals surface area contributed by atoms with E-state index in [1.807, 2.05) is 75.0 Å². The summed E-state index contributed by atoms with van der Waals surface area (Å²) in [6.45, 7) is 16.2. The number of esters is 2. The third-order valence-electron chi connectivity index (χ3n) is 11.0. The van der Waals surface area contributed by atoms with E-state index in [1.165, 1.54) is 22.9 Å². The first-order valence-corrected chi connectivity index (χ1v) is 23.8. The monoisotopic (exact) mass is 894 g/mol. The SMILES string of the molecule is CCOC(=O)C(CC=C(C)CCC=C(C)CCC=C(C)C)(CCCc1ncc(CN[C@H](C(=O)N[C@@H](Cc2ccccc2)C(=O)N[C@@H](CCSC)C(=O)O)C(C)C)n1C)C(=O)OCC. The topological polar surface area (TPSA) is 178 Å². The number of benzene rings is 1. The van der Waals surface area contributed by atoms with Gasteiger partial charge in [0, 0.05) is 32.6 Å². The fourth-order valence-electron chi connectivity index (χ4n) is 7.15. The summed E-state index contributed by atoms with van der Waals surface area (Å²) in [6, 6.07) is 6.48. The van der Waals surface area contributed by atoms with Crippen molar-refractivity contribution in [2.75, 3.05) is 25.2 Å². The van der Waals surface area contributed by atoms with Gasteiger partial charge in [-0.2, -0.15) is 11.8 Å². The predicted molar refractivity (Wildman–Crippen MR) is 252 cm³/mol. The molecule has 4 N–H and O–H groups in total. The number of carboxylic acid groups (broad SMARTS) is 1. The van der Waals surface area contributed by atoms with E-state index in [-0.39, 0.29) is 57.3 Å². The van der Waals surface area contributed by atoms with Gasteiger partial charge in [0.1, 0.15) is 17.9 Å². The maximum atomic E-state index is 13.9. The Bertz CT molecular complexity index is 1830. The van der Waals surface area contributed by atoms with E-state index in [9.17, 15) is 29.1 Å². The fraction of sp³-hybridized carbons (Fsp3) is 0.592. The quantitative estimate of drug-likeness (QED) is 0.0342. The van der Waals surface area contributed by atoms with Gasteiger partial charge in [0.2, 0.25) is 11.8 Å². The number of rotatable bonds is 30. The average Bonchev–Trinajstić information content (AvgIpc) is 3.58. The molecule has 0 unspecified atom stereocenters. The number of aryl methyl sites for hydroxylation is 1. The zero-order chi connectivity index (χ0) is 47.0. The molecule has 0 spiro atoms. The van der Waals surface area contributed by atoms with Gasteiger partial charge in [-0.3, -0.25) is 24.5 Å². The van der Waals surface area contributed by atoms with Crippen LogP contribution in [0.25, 0.3) is 0 Å². The molecule has 0 saturated heterocycles. The Hall–Kier alpha value is -4.69. The first-order chi connectivity index (χ1) is 30.0. The van der Waals surface area contributed by atoms with Crippen LogP contribution in [-0.2, 0) is 59.9 Å². The van der Waals surface area contributed by atoms with E-state index < -0.39 is 47.4 Å². The van der Waals surface area contributed by atoms with Gasteiger partial charge in [-0.1, -0.05) is 79.1 Å². The van der Waals surface area contributed by atoms with Gasteiger partial charge in [0.25, 0.3) is 0 Å². The number of carboxylic acids is 1. The number of hydrogen-bond acceptors (Lipinski definition) is 10. The highest BCUT2D eigenvalue weighted by molar-refractivity contribution is 7.98. The summed E-state index contributed by atoms with van der Waals surface area (Å²) in [5.74, 6) is -2.14. The summed E-state index contributed by atoms with van der Waals surface area (Å²) in [5.41, 5.74) is 3.86. The van der Waals surface area contributed by atoms with Crippen molar-refractivity contribution in [2.24, 2.45) is 18.4 Å². The minimum absolute atomic E-state index is 0.134. The molecule has 0 radical (unpaired) electrons. The number of nitrogens with one attached hydrogen (secondary N) is 3. The predicted octanol–water partition coefficient (Wildman–Crippen LogP) is 7.83. The first-order valence-electron chi connectivity index (χ1n) is 22.4. The van der Waals surface area contributed by atoms with Gasteiger partial charge >= 0.3 is 17.9 Å². The van der Waals surface area contributed by atoms with Crippen molar-refractivity contribution >= 4 is 41.5 Å². The number of imidazole rings is 1. The van der Waals surface area contributed by atoms with Crippen LogP contribution in [0.5, 0.6) is 0 Å². The number of thioether (sulfide) groups is 1. The molecule has 2 amide bonds. The summed E-state index contributed by atoms with van der Waals surface area (Å²) in [5, 5.41) is 18.7. The molecular formula is C49H75N5O8S. The average molecular weight is 894 g/mol. The molecule has 63 heavy (non-hydrogen) atoms. The van der Waals surface area contributed by atoms with Crippen molar-refractivity contribution < 1.29 is 38.6 Å². The zero-order valence-corrected chi connectivity index (χ0v) is 40.3. The molecule has 0 aliphatic carbocycles. The second kappa shape index (κ2) is 28.9. The van der Waals surface area contributed by atoms with E-state index >= 15 is 0 Å². The van der Waals surface area contributed by atoms with Crippen molar-refractivity contribution in [1.82, 2.24) is 25.5 Å². The number of allylic oxidation sites excluding steroid dienone is 6. The molecule has 350 valence electrons. The largest absolute Gasteiger partial charge is 0.480 e. The van der Waals surface area contributed by atoms with E-state index in [4.69, 9.17) is 9.47 Å². The van der Waals surface area contributed by atoms with Crippen LogP contribution < -0.4 is 16.0 Å². The van der Waals surface area contributed by atoms with Crippen molar-refractivity contribution in [3.63, 3.8) is 0 Å². The standard InChI is InChI=1S/C49H75N5O8S/c1-11-61-47(59)49(48(60)62-12-2,29-26-37(8)22-17-21-36(7)20-16-19-34(3)4)28-18-25-42-50-32-39(54(42)9)33-51-43(35(5)6)45(56)53-41(31-38-23-14-13-15-24-38)44(55)52-40(46(57)58)27-30-63-10/h13-15,19,21,23-24,26,32,35,40-41,43,51H,11-12,16-18,20,22,25,27-31,33H2,1-10H3,(H,52,55)(H,53,56)(H,57,58)/t40-,41-,43-/m0/s1. The van der Waals surface area contributed by atoms with Crippen molar-refractivity contribution in [2.45, 2.75) is 144 Å². The number of carbonyl (C=O) groups excluding carboxylic acids is 4. The second-order valence-corrected chi connectivity index (χ2v) is 17.8. The number of carbonyl (C=O) groups is 5. The minimum atomic E-state index is -1.50. The third-order valence-corrected chi connectivity index (χ3v) is 11.7. The van der Waals surface area contributed by atoms with E-state index in [2.05, 4.69) is 53.9 Å². The Balaban J connectivity index is 2.21. The molecule has 2 aromatic rings. The molecule has 3 atom stereocenters. The van der Waals surface area contributed by atoms with Crippen molar-refractivity contribution in [3.8, 4) is 0 Å². The molecule has 1 aromatic heterocycles. The lowest BCUT2D eigenvalue weighted by molar-refractivity contribution is -0.172. The highest BCUT2D eigenvalue weighted by Gasteiger charge is 2.47. The molecule has 13 nitrogen and oxygen atoms in total. The van der Waals surface area contributed by atoms with Crippen LogP contribution in [0.4, 0.5) is 0 Å². The van der Waals surface area contributed by atoms with Crippen LogP contribution in [0.15, 0.2) is 71.5 Å². The number of nitrogens with zero attached hydrogens (tertiary/aromatic N) is 2. The van der Waals surface area contributed by atoms with Crippen LogP contribution in [0.2, 0.25) is 0 Å². The molecular weight excluding hydrogens is 819 g/mol. The van der Waals surface area contributed by atoms with Crippen LogP contribution >= 0.6 is 11.8 Å². The number of ether oxygens (including phenoxy) is 2. The number of amides is 2. The molecule has 0 aliphatic heterocycles. The minimum Gasteiger partial charge on any atom is -0.480 e. The van der Waals surface area contributed by atoms with Gasteiger partial charge in [-0.25, -0.2) is 9.78 Å². The Kier molecular flexibility index (Phi) is 25.0. The maximum absolute atomic E-state index is 13.9. The van der Waals surface area contributed by atoms with E-state index in [0.717, 1.165) is 48.3 Å². The molecule has 0 bridgehead atoms. The van der Waals surface area contributed by atoms with Gasteiger partial charge in [-0.05, 0) is 116 Å². The second-order valence-electron chi connectivity index (χ2n) is 16.8. The Labute approximate surface area is 380 Å². The lowest BCUT2D eigenvalue weighted by atomic mass is 9.78. The van der Waals surface area contributed by atoms with Gasteiger partial charge in [0.05, 0.1) is 24.9 Å². The maximum Gasteiger partial charge on any atom is 0.326 e. The highest BCUT2D eigenvalue weighted by Crippen LogP contribution is 2.34. The summed E-state index contributed by atoms with van der Waals surface area (Å²) >= 11 is 1.49. The fourth-order valence-corrected chi connectivity index (χ4v) is 7.62. The Morgan fingerprint density at radius 1 is 0.873 bits per heavy atom. The Morgan fingerprint density at radius 3 is 2.05 bits per heavy atom.